The van der Waals surface area contributed by atoms with Crippen molar-refractivity contribution >= 4 is 17.6 Å². The van der Waals surface area contributed by atoms with Gasteiger partial charge in [-0.1, -0.05) is 42.8 Å². The molecule has 1 N–H and O–H groups in total. The van der Waals surface area contributed by atoms with Crippen molar-refractivity contribution < 1.29 is 9.90 Å². The van der Waals surface area contributed by atoms with E-state index in [2.05, 4.69) is 17.1 Å². The highest BCUT2D eigenvalue weighted by molar-refractivity contribution is 6.32. The summed E-state index contributed by atoms with van der Waals surface area (Å²) in [4.78, 5) is 11.0. The summed E-state index contributed by atoms with van der Waals surface area (Å²) in [6.07, 6.45) is 0.951. The molecule has 0 aliphatic heterocycles. The summed E-state index contributed by atoms with van der Waals surface area (Å²) in [6.45, 7) is 2.07. The summed E-state index contributed by atoms with van der Waals surface area (Å²) >= 11 is 5.67. The van der Waals surface area contributed by atoms with Crippen LogP contribution in [0.4, 0.5) is 0 Å². The molecule has 2 aromatic rings. The smallest absolute Gasteiger partial charge is 0.338 e. The Labute approximate surface area is 109 Å². The molecule has 0 bridgehead atoms. The lowest BCUT2D eigenvalue weighted by atomic mass is 10.1. The lowest BCUT2D eigenvalue weighted by molar-refractivity contribution is 0.0696. The van der Waals surface area contributed by atoms with E-state index in [1.807, 2.05) is 24.3 Å². The highest BCUT2D eigenvalue weighted by atomic mass is 35.5. The molecule has 1 aromatic heterocycles. The van der Waals surface area contributed by atoms with Gasteiger partial charge in [0.1, 0.15) is 5.56 Å². The second-order valence-electron chi connectivity index (χ2n) is 3.79. The highest BCUT2D eigenvalue weighted by Gasteiger charge is 2.12. The van der Waals surface area contributed by atoms with Gasteiger partial charge in [0.25, 0.3) is 0 Å². The maximum Gasteiger partial charge on any atom is 0.338 e. The van der Waals surface area contributed by atoms with Crippen molar-refractivity contribution in [3.8, 4) is 11.3 Å². The zero-order valence-electron chi connectivity index (χ0n) is 9.72. The Morgan fingerprint density at radius 1 is 1.28 bits per heavy atom. The van der Waals surface area contributed by atoms with Crippen LogP contribution in [-0.4, -0.2) is 21.3 Å². The maximum absolute atomic E-state index is 11.0. The maximum atomic E-state index is 11.0. The fraction of sp³-hybridized carbons (Fsp3) is 0.154. The fourth-order valence-electron chi connectivity index (χ4n) is 1.58. The third-order valence-corrected chi connectivity index (χ3v) is 2.92. The van der Waals surface area contributed by atoms with Gasteiger partial charge in [-0.05, 0) is 18.1 Å². The summed E-state index contributed by atoms with van der Waals surface area (Å²) in [6, 6.07) is 9.17. The highest BCUT2D eigenvalue weighted by Crippen LogP contribution is 2.21. The van der Waals surface area contributed by atoms with Crippen LogP contribution < -0.4 is 0 Å². The van der Waals surface area contributed by atoms with Gasteiger partial charge >= 0.3 is 5.97 Å². The zero-order valence-corrected chi connectivity index (χ0v) is 10.5. The van der Waals surface area contributed by atoms with E-state index in [1.165, 1.54) is 11.6 Å². The topological polar surface area (TPSA) is 63.1 Å². The Morgan fingerprint density at radius 2 is 1.94 bits per heavy atom. The molecule has 0 radical (unpaired) electrons. The van der Waals surface area contributed by atoms with E-state index in [0.717, 1.165) is 12.0 Å². The standard InChI is InChI=1S/C13H11ClN2O2/c1-2-8-3-5-9(6-4-8)11-7-10(13(17)18)12(14)16-15-11/h3-7H,2H2,1H3,(H,17,18). The van der Waals surface area contributed by atoms with Gasteiger partial charge in [0.2, 0.25) is 0 Å². The van der Waals surface area contributed by atoms with E-state index in [1.54, 1.807) is 0 Å². The van der Waals surface area contributed by atoms with E-state index in [-0.39, 0.29) is 10.7 Å². The average Bonchev–Trinajstić information content (AvgIpc) is 2.39. The van der Waals surface area contributed by atoms with Crippen molar-refractivity contribution in [2.45, 2.75) is 13.3 Å². The number of nitrogens with zero attached hydrogens (tertiary/aromatic N) is 2. The third-order valence-electron chi connectivity index (χ3n) is 2.64. The average molecular weight is 263 g/mol. The number of benzene rings is 1. The molecule has 0 saturated carbocycles. The second-order valence-corrected chi connectivity index (χ2v) is 4.15. The third kappa shape index (κ3) is 2.49. The quantitative estimate of drug-likeness (QED) is 0.923. The molecule has 0 spiro atoms. The van der Waals surface area contributed by atoms with Gasteiger partial charge in [0.05, 0.1) is 5.69 Å². The molecule has 92 valence electrons. The molecule has 0 amide bonds. The minimum atomic E-state index is -1.11. The number of carbonyl (C=O) groups is 1. The number of halogens is 1. The van der Waals surface area contributed by atoms with Gasteiger partial charge in [-0.15, -0.1) is 10.2 Å². The first-order valence-corrected chi connectivity index (χ1v) is 5.85. The van der Waals surface area contributed by atoms with Crippen LogP contribution in [0.5, 0.6) is 0 Å². The number of carboxylic acids is 1. The van der Waals surface area contributed by atoms with Crippen LogP contribution in [0.1, 0.15) is 22.8 Å². The summed E-state index contributed by atoms with van der Waals surface area (Å²) in [5, 5.41) is 16.4. The van der Waals surface area contributed by atoms with Crippen molar-refractivity contribution in [2.24, 2.45) is 0 Å². The predicted molar refractivity (Wildman–Crippen MR) is 68.8 cm³/mol. The van der Waals surface area contributed by atoms with Crippen molar-refractivity contribution in [1.82, 2.24) is 10.2 Å². The molecule has 0 aliphatic rings. The number of aryl methyl sites for hydroxylation is 1. The Kier molecular flexibility index (Phi) is 3.58. The Balaban J connectivity index is 2.44. The molecule has 0 unspecified atom stereocenters. The minimum Gasteiger partial charge on any atom is -0.478 e. The molecule has 2 rings (SSSR count). The van der Waals surface area contributed by atoms with E-state index < -0.39 is 5.97 Å². The predicted octanol–water partition coefficient (Wildman–Crippen LogP) is 3.06. The molecule has 18 heavy (non-hydrogen) atoms. The number of carboxylic acid groups (broad SMARTS) is 1. The van der Waals surface area contributed by atoms with Gasteiger partial charge in [0.15, 0.2) is 5.15 Å². The lowest BCUT2D eigenvalue weighted by Crippen LogP contribution is -2.01. The summed E-state index contributed by atoms with van der Waals surface area (Å²) in [5.74, 6) is -1.11. The Morgan fingerprint density at radius 3 is 2.50 bits per heavy atom. The van der Waals surface area contributed by atoms with Crippen LogP contribution in [0.2, 0.25) is 5.15 Å². The van der Waals surface area contributed by atoms with Crippen LogP contribution in [0.25, 0.3) is 11.3 Å². The first kappa shape index (κ1) is 12.5. The summed E-state index contributed by atoms with van der Waals surface area (Å²) < 4.78 is 0. The Hall–Kier alpha value is -1.94. The van der Waals surface area contributed by atoms with E-state index in [4.69, 9.17) is 16.7 Å². The summed E-state index contributed by atoms with van der Waals surface area (Å²) in [5.41, 5.74) is 2.48. The summed E-state index contributed by atoms with van der Waals surface area (Å²) in [7, 11) is 0. The van der Waals surface area contributed by atoms with Gasteiger partial charge < -0.3 is 5.11 Å². The van der Waals surface area contributed by atoms with E-state index in [0.29, 0.717) is 5.69 Å². The normalized spacial score (nSPS) is 10.3. The second kappa shape index (κ2) is 5.14. The number of hydrogen-bond donors (Lipinski definition) is 1. The van der Waals surface area contributed by atoms with Crippen LogP contribution in [0, 0.1) is 0 Å². The van der Waals surface area contributed by atoms with Crippen molar-refractivity contribution in [2.75, 3.05) is 0 Å². The van der Waals surface area contributed by atoms with E-state index >= 15 is 0 Å². The van der Waals surface area contributed by atoms with Gasteiger partial charge in [-0.2, -0.15) is 0 Å². The van der Waals surface area contributed by atoms with Gasteiger partial charge in [0, 0.05) is 5.56 Å². The number of rotatable bonds is 3. The zero-order chi connectivity index (χ0) is 13.1. The monoisotopic (exact) mass is 262 g/mol. The van der Waals surface area contributed by atoms with Crippen molar-refractivity contribution in [1.29, 1.82) is 0 Å². The lowest BCUT2D eigenvalue weighted by Gasteiger charge is -2.03. The molecule has 1 heterocycles. The minimum absolute atomic E-state index is 0.0405. The molecule has 0 fully saturated rings. The molecule has 0 atom stereocenters. The SMILES string of the molecule is CCc1ccc(-c2cc(C(=O)O)c(Cl)nn2)cc1. The first-order chi connectivity index (χ1) is 8.61. The molecule has 0 saturated heterocycles. The molecule has 1 aromatic carbocycles. The van der Waals surface area contributed by atoms with Gasteiger partial charge in [-0.3, -0.25) is 0 Å². The van der Waals surface area contributed by atoms with Crippen LogP contribution in [0.15, 0.2) is 30.3 Å². The first-order valence-electron chi connectivity index (χ1n) is 5.47. The molecule has 4 nitrogen and oxygen atoms in total. The fourth-order valence-corrected chi connectivity index (χ4v) is 1.75. The number of hydrogen-bond acceptors (Lipinski definition) is 3. The molecule has 0 aliphatic carbocycles. The van der Waals surface area contributed by atoms with Gasteiger partial charge in [-0.25, -0.2) is 4.79 Å². The largest absolute Gasteiger partial charge is 0.478 e. The molecular formula is C13H11ClN2O2. The molecular weight excluding hydrogens is 252 g/mol. The number of aromatic carboxylic acids is 1. The van der Waals surface area contributed by atoms with E-state index in [9.17, 15) is 4.79 Å². The van der Waals surface area contributed by atoms with Crippen molar-refractivity contribution in [3.05, 3.63) is 46.6 Å². The van der Waals surface area contributed by atoms with Crippen LogP contribution >= 0.6 is 11.6 Å². The molecule has 5 heteroatoms. The van der Waals surface area contributed by atoms with Crippen LogP contribution in [-0.2, 0) is 6.42 Å². The number of aromatic nitrogens is 2. The Bertz CT molecular complexity index is 582. The van der Waals surface area contributed by atoms with Crippen LogP contribution in [0.3, 0.4) is 0 Å². The van der Waals surface area contributed by atoms with Crippen molar-refractivity contribution in [3.63, 3.8) is 0 Å².